The summed E-state index contributed by atoms with van der Waals surface area (Å²) in [5.41, 5.74) is 6.30. The van der Waals surface area contributed by atoms with Crippen molar-refractivity contribution < 1.29 is 9.47 Å². The van der Waals surface area contributed by atoms with Gasteiger partial charge in [0.2, 0.25) is 0 Å². The normalized spacial score (nSPS) is 41.2. The van der Waals surface area contributed by atoms with Crippen LogP contribution in [-0.4, -0.2) is 80.5 Å². The first-order valence-corrected chi connectivity index (χ1v) is 7.47. The molecule has 1 saturated carbocycles. The molecule has 2 N–H and O–H groups in total. The Kier molecular flexibility index (Phi) is 3.84. The highest BCUT2D eigenvalue weighted by molar-refractivity contribution is 5.06. The van der Waals surface area contributed by atoms with Gasteiger partial charge in [-0.25, -0.2) is 0 Å². The highest BCUT2D eigenvalue weighted by atomic mass is 16.5. The van der Waals surface area contributed by atoms with E-state index in [2.05, 4.69) is 9.80 Å². The SMILES string of the molecule is COC1CN(C2(CN)CCN(C3CC3)C2)CC1OC. The summed E-state index contributed by atoms with van der Waals surface area (Å²) in [5, 5.41) is 0. The Labute approximate surface area is 116 Å². The number of rotatable bonds is 5. The van der Waals surface area contributed by atoms with E-state index in [9.17, 15) is 0 Å². The van der Waals surface area contributed by atoms with Gasteiger partial charge in [-0.3, -0.25) is 9.80 Å². The molecular weight excluding hydrogens is 242 g/mol. The van der Waals surface area contributed by atoms with Gasteiger partial charge in [0.1, 0.15) is 0 Å². The van der Waals surface area contributed by atoms with E-state index in [-0.39, 0.29) is 17.7 Å². The molecule has 19 heavy (non-hydrogen) atoms. The molecule has 3 aliphatic rings. The van der Waals surface area contributed by atoms with Gasteiger partial charge in [-0.05, 0) is 19.3 Å². The van der Waals surface area contributed by atoms with Crippen molar-refractivity contribution in [2.45, 2.75) is 43.1 Å². The molecule has 5 nitrogen and oxygen atoms in total. The molecule has 0 spiro atoms. The zero-order valence-electron chi connectivity index (χ0n) is 12.2. The van der Waals surface area contributed by atoms with Gasteiger partial charge in [0.15, 0.2) is 0 Å². The Balaban J connectivity index is 1.69. The lowest BCUT2D eigenvalue weighted by Gasteiger charge is -2.38. The van der Waals surface area contributed by atoms with E-state index >= 15 is 0 Å². The van der Waals surface area contributed by atoms with Crippen LogP contribution < -0.4 is 5.73 Å². The van der Waals surface area contributed by atoms with Crippen molar-refractivity contribution in [3.05, 3.63) is 0 Å². The van der Waals surface area contributed by atoms with Gasteiger partial charge < -0.3 is 15.2 Å². The minimum absolute atomic E-state index is 0.145. The fourth-order valence-corrected chi connectivity index (χ4v) is 3.78. The maximum absolute atomic E-state index is 6.16. The number of hydrogen-bond acceptors (Lipinski definition) is 5. The minimum Gasteiger partial charge on any atom is -0.377 e. The first-order valence-electron chi connectivity index (χ1n) is 7.47. The molecule has 2 aliphatic heterocycles. The number of methoxy groups -OCH3 is 2. The Morgan fingerprint density at radius 1 is 1.16 bits per heavy atom. The van der Waals surface area contributed by atoms with Crippen LogP contribution in [0.25, 0.3) is 0 Å². The number of nitrogens with two attached hydrogens (primary N) is 1. The van der Waals surface area contributed by atoms with Crippen molar-refractivity contribution in [1.82, 2.24) is 9.80 Å². The fraction of sp³-hybridized carbons (Fsp3) is 1.00. The third kappa shape index (κ3) is 2.43. The molecule has 2 saturated heterocycles. The predicted molar refractivity (Wildman–Crippen MR) is 74.2 cm³/mol. The number of likely N-dealkylation sites (tertiary alicyclic amines) is 2. The molecule has 0 radical (unpaired) electrons. The molecule has 3 fully saturated rings. The zero-order valence-corrected chi connectivity index (χ0v) is 12.2. The maximum Gasteiger partial charge on any atom is 0.0972 e. The summed E-state index contributed by atoms with van der Waals surface area (Å²) < 4.78 is 11.1. The lowest BCUT2D eigenvalue weighted by atomic mass is 9.96. The third-order valence-corrected chi connectivity index (χ3v) is 5.30. The van der Waals surface area contributed by atoms with Gasteiger partial charge in [-0.2, -0.15) is 0 Å². The van der Waals surface area contributed by atoms with E-state index in [0.29, 0.717) is 0 Å². The lowest BCUT2D eigenvalue weighted by Crippen LogP contribution is -2.55. The fourth-order valence-electron chi connectivity index (χ4n) is 3.78. The van der Waals surface area contributed by atoms with Crippen molar-refractivity contribution in [2.24, 2.45) is 5.73 Å². The summed E-state index contributed by atoms with van der Waals surface area (Å²) in [6.07, 6.45) is 4.31. The molecule has 5 heteroatoms. The zero-order chi connectivity index (χ0) is 13.5. The molecule has 110 valence electrons. The van der Waals surface area contributed by atoms with Gasteiger partial charge in [0, 0.05) is 58.5 Å². The molecule has 3 rings (SSSR count). The van der Waals surface area contributed by atoms with Crippen molar-refractivity contribution >= 4 is 0 Å². The predicted octanol–water partition coefficient (Wildman–Crippen LogP) is -0.102. The molecule has 3 atom stereocenters. The van der Waals surface area contributed by atoms with Crippen LogP contribution in [0.15, 0.2) is 0 Å². The second kappa shape index (κ2) is 5.30. The minimum atomic E-state index is 0.145. The Morgan fingerprint density at radius 3 is 2.26 bits per heavy atom. The molecular formula is C14H27N3O2. The second-order valence-electron chi connectivity index (χ2n) is 6.33. The third-order valence-electron chi connectivity index (χ3n) is 5.30. The summed E-state index contributed by atoms with van der Waals surface area (Å²) in [4.78, 5) is 5.16. The molecule has 0 bridgehead atoms. The summed E-state index contributed by atoms with van der Waals surface area (Å²) in [7, 11) is 3.56. The van der Waals surface area contributed by atoms with Crippen LogP contribution in [0.1, 0.15) is 19.3 Å². The van der Waals surface area contributed by atoms with Crippen LogP contribution in [0.3, 0.4) is 0 Å². The summed E-state index contributed by atoms with van der Waals surface area (Å²) >= 11 is 0. The molecule has 0 amide bonds. The monoisotopic (exact) mass is 269 g/mol. The van der Waals surface area contributed by atoms with Crippen LogP contribution in [0.2, 0.25) is 0 Å². The summed E-state index contributed by atoms with van der Waals surface area (Å²) in [6.45, 7) is 4.97. The van der Waals surface area contributed by atoms with Crippen LogP contribution >= 0.6 is 0 Å². The first kappa shape index (κ1) is 13.8. The van der Waals surface area contributed by atoms with E-state index in [1.165, 1.54) is 25.8 Å². The largest absolute Gasteiger partial charge is 0.377 e. The Bertz CT molecular complexity index is 312. The van der Waals surface area contributed by atoms with Crippen molar-refractivity contribution in [3.8, 4) is 0 Å². The number of nitrogens with zero attached hydrogens (tertiary/aromatic N) is 2. The highest BCUT2D eigenvalue weighted by Gasteiger charge is 2.49. The van der Waals surface area contributed by atoms with Gasteiger partial charge in [-0.15, -0.1) is 0 Å². The van der Waals surface area contributed by atoms with E-state index in [1.807, 2.05) is 0 Å². The quantitative estimate of drug-likeness (QED) is 0.755. The summed E-state index contributed by atoms with van der Waals surface area (Å²) in [5.74, 6) is 0. The van der Waals surface area contributed by atoms with E-state index in [0.717, 1.165) is 32.2 Å². The van der Waals surface area contributed by atoms with Gasteiger partial charge >= 0.3 is 0 Å². The topological polar surface area (TPSA) is 51.0 Å². The first-order chi connectivity index (χ1) is 9.22. The molecule has 0 aromatic heterocycles. The second-order valence-corrected chi connectivity index (χ2v) is 6.33. The van der Waals surface area contributed by atoms with E-state index in [1.54, 1.807) is 14.2 Å². The van der Waals surface area contributed by atoms with Crippen LogP contribution in [0.4, 0.5) is 0 Å². The number of ether oxygens (including phenoxy) is 2. The van der Waals surface area contributed by atoms with Crippen molar-refractivity contribution in [2.75, 3.05) is 46.9 Å². The highest BCUT2D eigenvalue weighted by Crippen LogP contribution is 2.37. The molecule has 0 aromatic rings. The lowest BCUT2D eigenvalue weighted by molar-refractivity contribution is -0.00461. The van der Waals surface area contributed by atoms with E-state index in [4.69, 9.17) is 15.2 Å². The Morgan fingerprint density at radius 2 is 1.79 bits per heavy atom. The van der Waals surface area contributed by atoms with Gasteiger partial charge in [-0.1, -0.05) is 0 Å². The number of hydrogen-bond donors (Lipinski definition) is 1. The van der Waals surface area contributed by atoms with Crippen LogP contribution in [0, 0.1) is 0 Å². The Hall–Kier alpha value is -0.200. The maximum atomic E-state index is 6.16. The standard InChI is InChI=1S/C14H27N3O2/c1-18-12-7-17(8-13(12)19-2)14(9-15)5-6-16(10-14)11-3-4-11/h11-13H,3-10,15H2,1-2H3. The van der Waals surface area contributed by atoms with E-state index < -0.39 is 0 Å². The average Bonchev–Trinajstić information content (AvgIpc) is 3.06. The smallest absolute Gasteiger partial charge is 0.0972 e. The van der Waals surface area contributed by atoms with Crippen LogP contribution in [-0.2, 0) is 9.47 Å². The molecule has 2 heterocycles. The van der Waals surface area contributed by atoms with Crippen molar-refractivity contribution in [1.29, 1.82) is 0 Å². The summed E-state index contributed by atoms with van der Waals surface area (Å²) in [6, 6.07) is 0.840. The molecule has 3 unspecified atom stereocenters. The average molecular weight is 269 g/mol. The molecule has 1 aliphatic carbocycles. The van der Waals surface area contributed by atoms with Crippen molar-refractivity contribution in [3.63, 3.8) is 0 Å². The molecule has 0 aromatic carbocycles. The van der Waals surface area contributed by atoms with Gasteiger partial charge in [0.25, 0.3) is 0 Å². The van der Waals surface area contributed by atoms with Crippen LogP contribution in [0.5, 0.6) is 0 Å². The van der Waals surface area contributed by atoms with Gasteiger partial charge in [0.05, 0.1) is 12.2 Å².